The summed E-state index contributed by atoms with van der Waals surface area (Å²) >= 11 is 8.82. The molecule has 0 spiro atoms. The fraction of sp³-hybridized carbons (Fsp3) is 0.500. The van der Waals surface area contributed by atoms with Gasteiger partial charge in [-0.1, -0.05) is 11.6 Å². The fourth-order valence-corrected chi connectivity index (χ4v) is 1.64. The fourth-order valence-electron chi connectivity index (χ4n) is 1.01. The van der Waals surface area contributed by atoms with Crippen LogP contribution in [0.1, 0.15) is 6.42 Å². The average molecular weight is 319 g/mol. The molecule has 16 heavy (non-hydrogen) atoms. The molecule has 1 aromatic heterocycles. The number of hydrogen-bond donors (Lipinski definition) is 0. The van der Waals surface area contributed by atoms with E-state index in [1.54, 1.807) is 0 Å². The molecule has 0 aliphatic rings. The Labute approximate surface area is 104 Å². The maximum Gasteiger partial charge on any atom is 0.390 e. The molecule has 1 heterocycles. The molecule has 3 nitrogen and oxygen atoms in total. The zero-order valence-electron chi connectivity index (χ0n) is 8.22. The van der Waals surface area contributed by atoms with Gasteiger partial charge in [0.05, 0.1) is 10.9 Å². The van der Waals surface area contributed by atoms with E-state index in [-0.39, 0.29) is 11.7 Å². The van der Waals surface area contributed by atoms with Gasteiger partial charge in [-0.25, -0.2) is 9.97 Å². The van der Waals surface area contributed by atoms with Gasteiger partial charge in [0.15, 0.2) is 0 Å². The standard InChI is InChI=1S/C8H8BrClF3N3/c1-16(3-2-8(11,12)13)7-5(9)6(10)14-4-15-7/h4H,2-3H2,1H3. The molecule has 0 saturated heterocycles. The number of alkyl halides is 3. The van der Waals surface area contributed by atoms with Crippen LogP contribution in [-0.4, -0.2) is 29.7 Å². The third kappa shape index (κ3) is 3.79. The zero-order chi connectivity index (χ0) is 12.3. The minimum Gasteiger partial charge on any atom is -0.358 e. The Hall–Kier alpha value is -0.560. The van der Waals surface area contributed by atoms with Crippen LogP contribution in [-0.2, 0) is 0 Å². The van der Waals surface area contributed by atoms with Gasteiger partial charge in [-0.2, -0.15) is 13.2 Å². The van der Waals surface area contributed by atoms with Gasteiger partial charge >= 0.3 is 6.18 Å². The number of halogens is 5. The molecule has 1 rings (SSSR count). The lowest BCUT2D eigenvalue weighted by atomic mass is 10.4. The Morgan fingerprint density at radius 2 is 2.06 bits per heavy atom. The molecule has 90 valence electrons. The Bertz CT molecular complexity index is 372. The smallest absolute Gasteiger partial charge is 0.358 e. The second-order valence-electron chi connectivity index (χ2n) is 3.09. The van der Waals surface area contributed by atoms with E-state index in [0.29, 0.717) is 10.3 Å². The van der Waals surface area contributed by atoms with Crippen LogP contribution in [0.25, 0.3) is 0 Å². The summed E-state index contributed by atoms with van der Waals surface area (Å²) in [6.45, 7) is -0.185. The number of hydrogen-bond acceptors (Lipinski definition) is 3. The molecule has 0 fully saturated rings. The SMILES string of the molecule is CN(CCC(F)(F)F)c1ncnc(Cl)c1Br. The highest BCUT2D eigenvalue weighted by Crippen LogP contribution is 2.29. The maximum atomic E-state index is 12.0. The zero-order valence-corrected chi connectivity index (χ0v) is 10.6. The van der Waals surface area contributed by atoms with Crippen LogP contribution in [0.4, 0.5) is 19.0 Å². The molecule has 8 heteroatoms. The summed E-state index contributed by atoms with van der Waals surface area (Å²) in [5.74, 6) is 0.337. The van der Waals surface area contributed by atoms with Gasteiger partial charge in [0.2, 0.25) is 0 Å². The summed E-state index contributed by atoms with van der Waals surface area (Å²) in [5.41, 5.74) is 0. The predicted molar refractivity (Wildman–Crippen MR) is 58.7 cm³/mol. The van der Waals surface area contributed by atoms with Crippen molar-refractivity contribution in [3.05, 3.63) is 16.0 Å². The average Bonchev–Trinajstić information content (AvgIpc) is 2.17. The van der Waals surface area contributed by atoms with Crippen molar-refractivity contribution in [3.63, 3.8) is 0 Å². The minimum absolute atomic E-state index is 0.170. The monoisotopic (exact) mass is 317 g/mol. The summed E-state index contributed by atoms with van der Waals surface area (Å²) in [5, 5.41) is 0.170. The Kier molecular flexibility index (Phi) is 4.37. The first kappa shape index (κ1) is 13.5. The third-order valence-electron chi connectivity index (χ3n) is 1.82. The van der Waals surface area contributed by atoms with Crippen molar-refractivity contribution in [2.45, 2.75) is 12.6 Å². The summed E-state index contributed by atoms with van der Waals surface area (Å²) in [6.07, 6.45) is -3.89. The number of nitrogens with zero attached hydrogens (tertiary/aromatic N) is 3. The molecule has 0 atom stereocenters. The van der Waals surface area contributed by atoms with Crippen molar-refractivity contribution < 1.29 is 13.2 Å². The van der Waals surface area contributed by atoms with Crippen molar-refractivity contribution in [1.29, 1.82) is 0 Å². The molecular weight excluding hydrogens is 310 g/mol. The van der Waals surface area contributed by atoms with Crippen LogP contribution in [0.5, 0.6) is 0 Å². The van der Waals surface area contributed by atoms with Crippen molar-refractivity contribution in [1.82, 2.24) is 9.97 Å². The van der Waals surface area contributed by atoms with Gasteiger partial charge in [0.25, 0.3) is 0 Å². The third-order valence-corrected chi connectivity index (χ3v) is 3.07. The van der Waals surface area contributed by atoms with Crippen molar-refractivity contribution in [2.24, 2.45) is 0 Å². The van der Waals surface area contributed by atoms with Gasteiger partial charge in [-0.05, 0) is 15.9 Å². The van der Waals surface area contributed by atoms with Gasteiger partial charge in [-0.3, -0.25) is 0 Å². The molecular formula is C8H8BrClF3N3. The summed E-state index contributed by atoms with van der Waals surface area (Å²) in [4.78, 5) is 8.91. The summed E-state index contributed by atoms with van der Waals surface area (Å²) < 4.78 is 36.4. The van der Waals surface area contributed by atoms with Crippen LogP contribution < -0.4 is 4.90 Å². The molecule has 0 radical (unpaired) electrons. The van der Waals surface area contributed by atoms with E-state index in [2.05, 4.69) is 25.9 Å². The van der Waals surface area contributed by atoms with Crippen LogP contribution in [0, 0.1) is 0 Å². The van der Waals surface area contributed by atoms with E-state index in [1.807, 2.05) is 0 Å². The molecule has 1 aromatic rings. The van der Waals surface area contributed by atoms with E-state index in [1.165, 1.54) is 18.3 Å². The highest BCUT2D eigenvalue weighted by atomic mass is 79.9. The van der Waals surface area contributed by atoms with Gasteiger partial charge in [-0.15, -0.1) is 0 Å². The molecule has 0 N–H and O–H groups in total. The van der Waals surface area contributed by atoms with Crippen LogP contribution in [0.15, 0.2) is 10.8 Å². The van der Waals surface area contributed by atoms with Crippen molar-refractivity contribution >= 4 is 33.3 Å². The lowest BCUT2D eigenvalue weighted by Crippen LogP contribution is -2.25. The van der Waals surface area contributed by atoms with Gasteiger partial charge in [0, 0.05) is 13.6 Å². The second kappa shape index (κ2) is 5.18. The Morgan fingerprint density at radius 1 is 1.44 bits per heavy atom. The first-order chi connectivity index (χ1) is 7.31. The molecule has 0 unspecified atom stereocenters. The summed E-state index contributed by atoms with van der Waals surface area (Å²) in [6, 6.07) is 0. The second-order valence-corrected chi connectivity index (χ2v) is 4.24. The van der Waals surface area contributed by atoms with Crippen LogP contribution in [0.3, 0.4) is 0 Å². The maximum absolute atomic E-state index is 12.0. The normalized spacial score (nSPS) is 11.6. The van der Waals surface area contributed by atoms with Crippen LogP contribution >= 0.6 is 27.5 Å². The molecule has 0 amide bonds. The lowest BCUT2D eigenvalue weighted by Gasteiger charge is -2.20. The van der Waals surface area contributed by atoms with Gasteiger partial charge in [0.1, 0.15) is 17.3 Å². The first-order valence-corrected chi connectivity index (χ1v) is 5.42. The highest BCUT2D eigenvalue weighted by Gasteiger charge is 2.27. The van der Waals surface area contributed by atoms with E-state index < -0.39 is 12.6 Å². The minimum atomic E-state index is -4.18. The lowest BCUT2D eigenvalue weighted by molar-refractivity contribution is -0.132. The van der Waals surface area contributed by atoms with E-state index in [4.69, 9.17) is 11.6 Å². The molecule has 0 aliphatic carbocycles. The molecule has 0 bridgehead atoms. The van der Waals surface area contributed by atoms with Gasteiger partial charge < -0.3 is 4.90 Å². The number of aromatic nitrogens is 2. The summed E-state index contributed by atoms with van der Waals surface area (Å²) in [7, 11) is 1.51. The molecule has 0 aliphatic heterocycles. The van der Waals surface area contributed by atoms with E-state index in [0.717, 1.165) is 0 Å². The predicted octanol–water partition coefficient (Wildman–Crippen LogP) is 3.28. The Balaban J connectivity index is 2.73. The van der Waals surface area contributed by atoms with E-state index in [9.17, 15) is 13.2 Å². The largest absolute Gasteiger partial charge is 0.390 e. The topological polar surface area (TPSA) is 29.0 Å². The van der Waals surface area contributed by atoms with E-state index >= 15 is 0 Å². The molecule has 0 aromatic carbocycles. The highest BCUT2D eigenvalue weighted by molar-refractivity contribution is 9.10. The first-order valence-electron chi connectivity index (χ1n) is 4.25. The number of rotatable bonds is 3. The number of anilines is 1. The van der Waals surface area contributed by atoms with Crippen molar-refractivity contribution in [2.75, 3.05) is 18.5 Å². The van der Waals surface area contributed by atoms with Crippen LogP contribution in [0.2, 0.25) is 5.15 Å². The Morgan fingerprint density at radius 3 is 2.62 bits per heavy atom. The van der Waals surface area contributed by atoms with Crippen molar-refractivity contribution in [3.8, 4) is 0 Å². The molecule has 0 saturated carbocycles. The quantitative estimate of drug-likeness (QED) is 0.801.